The Labute approximate surface area is 127 Å². The molecule has 2 aromatic rings. The van der Waals surface area contributed by atoms with E-state index in [4.69, 9.17) is 4.74 Å². The van der Waals surface area contributed by atoms with E-state index in [1.807, 2.05) is 48.5 Å². The molecular weight excluding hydrogens is 318 g/mol. The zero-order valence-electron chi connectivity index (χ0n) is 11.3. The second kappa shape index (κ2) is 7.43. The highest BCUT2D eigenvalue weighted by Gasteiger charge is 2.10. The van der Waals surface area contributed by atoms with Crippen LogP contribution >= 0.6 is 15.9 Å². The van der Waals surface area contributed by atoms with Crippen molar-refractivity contribution in [2.24, 2.45) is 0 Å². The van der Waals surface area contributed by atoms with Gasteiger partial charge in [0.2, 0.25) is 0 Å². The van der Waals surface area contributed by atoms with Crippen LogP contribution in [0.4, 0.5) is 0 Å². The maximum Gasteiger partial charge on any atom is 0.122 e. The predicted molar refractivity (Wildman–Crippen MR) is 83.7 cm³/mol. The fourth-order valence-electron chi connectivity index (χ4n) is 2.02. The molecule has 0 unspecified atom stereocenters. The van der Waals surface area contributed by atoms with Gasteiger partial charge in [0.1, 0.15) is 12.0 Å². The Hall–Kier alpha value is -1.36. The predicted octanol–water partition coefficient (Wildman–Crippen LogP) is 3.11. The third kappa shape index (κ3) is 4.34. The summed E-state index contributed by atoms with van der Waals surface area (Å²) < 4.78 is 6.28. The van der Waals surface area contributed by atoms with Crippen LogP contribution in [0.3, 0.4) is 0 Å². The zero-order valence-corrected chi connectivity index (χ0v) is 12.9. The first-order valence-electron chi connectivity index (χ1n) is 6.47. The van der Waals surface area contributed by atoms with Gasteiger partial charge in [0, 0.05) is 17.4 Å². The summed E-state index contributed by atoms with van der Waals surface area (Å²) in [4.78, 5) is 0. The van der Waals surface area contributed by atoms with Crippen molar-refractivity contribution in [1.29, 1.82) is 0 Å². The maximum atomic E-state index is 10.1. The van der Waals surface area contributed by atoms with Crippen LogP contribution in [-0.2, 0) is 13.0 Å². The molecule has 1 atom stereocenters. The fourth-order valence-corrected chi connectivity index (χ4v) is 2.43. The molecule has 20 heavy (non-hydrogen) atoms. The van der Waals surface area contributed by atoms with Crippen LogP contribution in [0, 0.1) is 0 Å². The molecule has 3 nitrogen and oxygen atoms in total. The van der Waals surface area contributed by atoms with Crippen LogP contribution in [0.1, 0.15) is 11.1 Å². The normalized spacial score (nSPS) is 12.2. The third-order valence-electron chi connectivity index (χ3n) is 3.04. The van der Waals surface area contributed by atoms with Gasteiger partial charge in [0.05, 0.1) is 7.11 Å². The minimum Gasteiger partial charge on any atom is -0.496 e. The molecule has 0 saturated heterocycles. The smallest absolute Gasteiger partial charge is 0.122 e. The standard InChI is InChI=1S/C16H18BrNO2/c1-20-15-8-7-14(17)9-13(15)10-16(19)18-11-12-5-3-2-4-6-12/h2-9,16,18-19H,10-11H2,1H3/t16-/m0/s1. The largest absolute Gasteiger partial charge is 0.496 e. The lowest BCUT2D eigenvalue weighted by Gasteiger charge is -2.15. The van der Waals surface area contributed by atoms with Crippen LogP contribution in [-0.4, -0.2) is 18.4 Å². The molecule has 0 saturated carbocycles. The Morgan fingerprint density at radius 2 is 1.95 bits per heavy atom. The highest BCUT2D eigenvalue weighted by atomic mass is 79.9. The van der Waals surface area contributed by atoms with Crippen molar-refractivity contribution >= 4 is 15.9 Å². The second-order valence-electron chi connectivity index (χ2n) is 4.54. The highest BCUT2D eigenvalue weighted by Crippen LogP contribution is 2.23. The Morgan fingerprint density at radius 1 is 1.20 bits per heavy atom. The van der Waals surface area contributed by atoms with Crippen LogP contribution in [0.5, 0.6) is 5.75 Å². The molecule has 106 valence electrons. The van der Waals surface area contributed by atoms with Gasteiger partial charge in [-0.15, -0.1) is 0 Å². The number of ether oxygens (including phenoxy) is 1. The monoisotopic (exact) mass is 335 g/mol. The number of hydrogen-bond donors (Lipinski definition) is 2. The zero-order chi connectivity index (χ0) is 14.4. The summed E-state index contributed by atoms with van der Waals surface area (Å²) in [5, 5.41) is 13.2. The summed E-state index contributed by atoms with van der Waals surface area (Å²) >= 11 is 3.43. The molecule has 2 rings (SSSR count). The maximum absolute atomic E-state index is 10.1. The van der Waals surface area contributed by atoms with E-state index in [1.165, 1.54) is 0 Å². The van der Waals surface area contributed by atoms with Crippen LogP contribution in [0.2, 0.25) is 0 Å². The van der Waals surface area contributed by atoms with E-state index in [1.54, 1.807) is 7.11 Å². The molecule has 0 radical (unpaired) electrons. The van der Waals surface area contributed by atoms with E-state index in [9.17, 15) is 5.11 Å². The van der Waals surface area contributed by atoms with Crippen molar-refractivity contribution in [3.05, 3.63) is 64.1 Å². The quantitative estimate of drug-likeness (QED) is 0.797. The van der Waals surface area contributed by atoms with Gasteiger partial charge in [-0.1, -0.05) is 46.3 Å². The number of rotatable bonds is 6. The number of aliphatic hydroxyl groups excluding tert-OH is 1. The molecule has 0 amide bonds. The number of aliphatic hydroxyl groups is 1. The molecule has 0 heterocycles. The van der Waals surface area contributed by atoms with Gasteiger partial charge in [-0.3, -0.25) is 5.32 Å². The van der Waals surface area contributed by atoms with Gasteiger partial charge in [0.15, 0.2) is 0 Å². The highest BCUT2D eigenvalue weighted by molar-refractivity contribution is 9.10. The Bertz CT molecular complexity index is 545. The van der Waals surface area contributed by atoms with Crippen molar-refractivity contribution in [2.45, 2.75) is 19.2 Å². The van der Waals surface area contributed by atoms with Gasteiger partial charge in [-0.05, 0) is 29.3 Å². The average Bonchev–Trinajstić information content (AvgIpc) is 2.46. The molecule has 0 aliphatic carbocycles. The van der Waals surface area contributed by atoms with Crippen molar-refractivity contribution in [3.8, 4) is 5.75 Å². The summed E-state index contributed by atoms with van der Waals surface area (Å²) in [6, 6.07) is 15.8. The molecule has 0 aliphatic rings. The van der Waals surface area contributed by atoms with E-state index in [0.717, 1.165) is 21.3 Å². The minimum atomic E-state index is -0.613. The van der Waals surface area contributed by atoms with Crippen molar-refractivity contribution in [1.82, 2.24) is 5.32 Å². The van der Waals surface area contributed by atoms with Crippen LogP contribution < -0.4 is 10.1 Å². The van der Waals surface area contributed by atoms with Crippen molar-refractivity contribution in [2.75, 3.05) is 7.11 Å². The van der Waals surface area contributed by atoms with Crippen LogP contribution in [0.15, 0.2) is 53.0 Å². The molecule has 2 N–H and O–H groups in total. The molecular formula is C16H18BrNO2. The summed E-state index contributed by atoms with van der Waals surface area (Å²) in [6.07, 6.45) is -0.117. The lowest BCUT2D eigenvalue weighted by molar-refractivity contribution is 0.134. The topological polar surface area (TPSA) is 41.5 Å². The Balaban J connectivity index is 1.94. The third-order valence-corrected chi connectivity index (χ3v) is 3.53. The molecule has 2 aromatic carbocycles. The summed E-state index contributed by atoms with van der Waals surface area (Å²) in [5.74, 6) is 0.786. The summed E-state index contributed by atoms with van der Waals surface area (Å²) in [7, 11) is 1.64. The van der Waals surface area contributed by atoms with E-state index < -0.39 is 6.23 Å². The van der Waals surface area contributed by atoms with Crippen LogP contribution in [0.25, 0.3) is 0 Å². The van der Waals surface area contributed by atoms with E-state index in [0.29, 0.717) is 13.0 Å². The molecule has 0 aromatic heterocycles. The Kier molecular flexibility index (Phi) is 5.59. The molecule has 4 heteroatoms. The number of nitrogens with one attached hydrogen (secondary N) is 1. The summed E-state index contributed by atoms with van der Waals surface area (Å²) in [6.45, 7) is 0.637. The number of halogens is 1. The van der Waals surface area contributed by atoms with Gasteiger partial charge in [-0.25, -0.2) is 0 Å². The fraction of sp³-hybridized carbons (Fsp3) is 0.250. The second-order valence-corrected chi connectivity index (χ2v) is 5.46. The molecule has 0 bridgehead atoms. The van der Waals surface area contributed by atoms with Gasteiger partial charge < -0.3 is 9.84 Å². The van der Waals surface area contributed by atoms with Gasteiger partial charge in [0.25, 0.3) is 0 Å². The minimum absolute atomic E-state index is 0.495. The number of benzene rings is 2. The number of hydrogen-bond acceptors (Lipinski definition) is 3. The first-order chi connectivity index (χ1) is 9.69. The van der Waals surface area contributed by atoms with Crippen molar-refractivity contribution < 1.29 is 9.84 Å². The Morgan fingerprint density at radius 3 is 2.65 bits per heavy atom. The molecule has 0 aliphatic heterocycles. The first-order valence-corrected chi connectivity index (χ1v) is 7.26. The number of methoxy groups -OCH3 is 1. The average molecular weight is 336 g/mol. The first kappa shape index (κ1) is 15.0. The van der Waals surface area contributed by atoms with Gasteiger partial charge in [-0.2, -0.15) is 0 Å². The van der Waals surface area contributed by atoms with Crippen molar-refractivity contribution in [3.63, 3.8) is 0 Å². The molecule has 0 fully saturated rings. The lowest BCUT2D eigenvalue weighted by Crippen LogP contribution is -2.30. The van der Waals surface area contributed by atoms with E-state index in [-0.39, 0.29) is 0 Å². The van der Waals surface area contributed by atoms with E-state index >= 15 is 0 Å². The molecule has 0 spiro atoms. The lowest BCUT2D eigenvalue weighted by atomic mass is 10.1. The van der Waals surface area contributed by atoms with Gasteiger partial charge >= 0.3 is 0 Å². The summed E-state index contributed by atoms with van der Waals surface area (Å²) in [5.41, 5.74) is 2.11. The SMILES string of the molecule is COc1ccc(Br)cc1C[C@H](O)NCc1ccccc1. The van der Waals surface area contributed by atoms with E-state index in [2.05, 4.69) is 21.2 Å².